The minimum Gasteiger partial charge on any atom is -0.507 e. The van der Waals surface area contributed by atoms with E-state index < -0.39 is 45.6 Å². The first-order valence-electron chi connectivity index (χ1n) is 9.35. The van der Waals surface area contributed by atoms with Gasteiger partial charge in [-0.3, -0.25) is 24.6 Å². The monoisotopic (exact) mass is 436 g/mol. The Morgan fingerprint density at radius 2 is 1.56 bits per heavy atom. The lowest BCUT2D eigenvalue weighted by atomic mass is 9.94. The fraction of sp³-hybridized carbons (Fsp3) is 0.0435. The first-order valence-corrected chi connectivity index (χ1v) is 9.35. The normalized spacial score (nSPS) is 17.6. The number of aliphatic hydroxyl groups is 1. The van der Waals surface area contributed by atoms with Crippen molar-refractivity contribution in [2.75, 3.05) is 4.90 Å². The summed E-state index contributed by atoms with van der Waals surface area (Å²) in [5.74, 6) is -4.01. The van der Waals surface area contributed by atoms with E-state index in [1.807, 2.05) is 0 Å². The van der Waals surface area contributed by atoms with Crippen molar-refractivity contribution < 1.29 is 28.4 Å². The average Bonchev–Trinajstić information content (AvgIpc) is 3.05. The fourth-order valence-electron chi connectivity index (χ4n) is 3.59. The van der Waals surface area contributed by atoms with E-state index in [1.165, 1.54) is 42.5 Å². The summed E-state index contributed by atoms with van der Waals surface area (Å²) in [5.41, 5.74) is -0.518. The summed E-state index contributed by atoms with van der Waals surface area (Å²) < 4.78 is 28.2. The molecule has 160 valence electrons. The van der Waals surface area contributed by atoms with Crippen LogP contribution in [-0.2, 0) is 9.59 Å². The summed E-state index contributed by atoms with van der Waals surface area (Å²) in [4.78, 5) is 37.1. The number of nitro benzene ring substituents is 1. The Labute approximate surface area is 180 Å². The third-order valence-corrected chi connectivity index (χ3v) is 5.10. The van der Waals surface area contributed by atoms with Crippen molar-refractivity contribution in [1.29, 1.82) is 0 Å². The van der Waals surface area contributed by atoms with Gasteiger partial charge in [0.15, 0.2) is 0 Å². The molecule has 3 aromatic carbocycles. The molecule has 3 aromatic rings. The van der Waals surface area contributed by atoms with Gasteiger partial charge in [0.05, 0.1) is 16.5 Å². The molecule has 0 aromatic heterocycles. The molecule has 0 bridgehead atoms. The number of nitrogens with zero attached hydrogens (tertiary/aromatic N) is 2. The maximum atomic E-state index is 14.7. The molecule has 1 saturated heterocycles. The molecule has 1 heterocycles. The number of nitro groups is 1. The topological polar surface area (TPSA) is 101 Å². The highest BCUT2D eigenvalue weighted by Crippen LogP contribution is 2.42. The predicted octanol–water partition coefficient (Wildman–Crippen LogP) is 4.50. The first kappa shape index (κ1) is 20.9. The number of anilines is 1. The lowest BCUT2D eigenvalue weighted by molar-refractivity contribution is -0.384. The van der Waals surface area contributed by atoms with E-state index in [1.54, 1.807) is 0 Å². The number of hydrogen-bond donors (Lipinski definition) is 1. The summed E-state index contributed by atoms with van der Waals surface area (Å²) >= 11 is 0. The van der Waals surface area contributed by atoms with Crippen LogP contribution in [0.4, 0.5) is 20.2 Å². The van der Waals surface area contributed by atoms with Gasteiger partial charge in [0.1, 0.15) is 17.4 Å². The molecule has 4 rings (SSSR count). The second-order valence-electron chi connectivity index (χ2n) is 6.97. The molecule has 1 atom stereocenters. The van der Waals surface area contributed by atoms with Crippen LogP contribution in [0.25, 0.3) is 5.76 Å². The summed E-state index contributed by atoms with van der Waals surface area (Å²) in [7, 11) is 0. The molecule has 0 aliphatic carbocycles. The van der Waals surface area contributed by atoms with Crippen molar-refractivity contribution in [2.45, 2.75) is 6.04 Å². The lowest BCUT2D eigenvalue weighted by Gasteiger charge is -2.25. The third kappa shape index (κ3) is 3.49. The van der Waals surface area contributed by atoms with Gasteiger partial charge >= 0.3 is 0 Å². The van der Waals surface area contributed by atoms with Crippen LogP contribution in [0.3, 0.4) is 0 Å². The van der Waals surface area contributed by atoms with Crippen molar-refractivity contribution in [3.63, 3.8) is 0 Å². The van der Waals surface area contributed by atoms with Crippen LogP contribution in [0, 0.1) is 21.7 Å². The molecule has 7 nitrogen and oxygen atoms in total. The highest BCUT2D eigenvalue weighted by Gasteiger charge is 2.47. The zero-order chi connectivity index (χ0) is 23.0. The Hall–Kier alpha value is -4.40. The Bertz CT molecular complexity index is 1270. The smallest absolute Gasteiger partial charge is 0.300 e. The molecule has 1 fully saturated rings. The van der Waals surface area contributed by atoms with Crippen LogP contribution in [0.1, 0.15) is 17.2 Å². The van der Waals surface area contributed by atoms with Crippen molar-refractivity contribution in [3.05, 3.63) is 111 Å². The van der Waals surface area contributed by atoms with E-state index >= 15 is 0 Å². The molecule has 0 spiro atoms. The maximum absolute atomic E-state index is 14.7. The SMILES string of the molecule is O=C1C(=O)N(c2ccc(F)cc2)C(c2ccccc2F)/C1=C(\O)c1ccc([N+](=O)[O-])cc1. The van der Waals surface area contributed by atoms with Gasteiger partial charge in [-0.05, 0) is 42.5 Å². The number of rotatable bonds is 4. The third-order valence-electron chi connectivity index (χ3n) is 5.10. The number of ketones is 1. The number of halogens is 2. The number of Topliss-reactive ketones (excluding diaryl/α,β-unsaturated/α-hetero) is 1. The molecule has 1 unspecified atom stereocenters. The van der Waals surface area contributed by atoms with E-state index in [0.29, 0.717) is 0 Å². The molecule has 1 amide bonds. The standard InChI is InChI=1S/C23H14F2N2O5/c24-14-7-11-15(12-8-14)26-20(17-3-1-2-4-18(17)25)19(22(29)23(26)30)21(28)13-5-9-16(10-6-13)27(31)32/h1-12,20,28H/b21-19+. The van der Waals surface area contributed by atoms with Gasteiger partial charge in [-0.25, -0.2) is 8.78 Å². The van der Waals surface area contributed by atoms with E-state index in [2.05, 4.69) is 0 Å². The van der Waals surface area contributed by atoms with Gasteiger partial charge in [0.25, 0.3) is 17.4 Å². The summed E-state index contributed by atoms with van der Waals surface area (Å²) in [6, 6.07) is 13.5. The van der Waals surface area contributed by atoms with Gasteiger partial charge in [-0.1, -0.05) is 18.2 Å². The van der Waals surface area contributed by atoms with Crippen LogP contribution in [0.15, 0.2) is 78.4 Å². The number of hydrogen-bond acceptors (Lipinski definition) is 5. The molecule has 1 N–H and O–H groups in total. The highest BCUT2D eigenvalue weighted by molar-refractivity contribution is 6.51. The van der Waals surface area contributed by atoms with E-state index in [9.17, 15) is 33.6 Å². The Balaban J connectivity index is 1.93. The van der Waals surface area contributed by atoms with Gasteiger partial charge in [0.2, 0.25) is 0 Å². The van der Waals surface area contributed by atoms with Crippen molar-refractivity contribution in [2.24, 2.45) is 0 Å². The second-order valence-corrected chi connectivity index (χ2v) is 6.97. The van der Waals surface area contributed by atoms with Crippen LogP contribution in [0.2, 0.25) is 0 Å². The van der Waals surface area contributed by atoms with Crippen LogP contribution < -0.4 is 4.90 Å². The molecular weight excluding hydrogens is 422 g/mol. The fourth-order valence-corrected chi connectivity index (χ4v) is 3.59. The second kappa shape index (κ2) is 8.03. The number of aliphatic hydroxyl groups excluding tert-OH is 1. The number of amides is 1. The zero-order valence-corrected chi connectivity index (χ0v) is 16.2. The van der Waals surface area contributed by atoms with Crippen LogP contribution in [0.5, 0.6) is 0 Å². The molecule has 32 heavy (non-hydrogen) atoms. The first-order chi connectivity index (χ1) is 15.3. The van der Waals surface area contributed by atoms with Crippen molar-refractivity contribution in [3.8, 4) is 0 Å². The number of carbonyl (C=O) groups is 2. The van der Waals surface area contributed by atoms with Gasteiger partial charge in [-0.2, -0.15) is 0 Å². The molecule has 0 radical (unpaired) electrons. The molecule has 1 aliphatic heterocycles. The largest absolute Gasteiger partial charge is 0.507 e. The van der Waals surface area contributed by atoms with Crippen molar-refractivity contribution >= 4 is 28.8 Å². The molecule has 0 saturated carbocycles. The van der Waals surface area contributed by atoms with Crippen LogP contribution in [-0.4, -0.2) is 21.7 Å². The average molecular weight is 436 g/mol. The van der Waals surface area contributed by atoms with Gasteiger partial charge in [0, 0.05) is 28.9 Å². The summed E-state index contributed by atoms with van der Waals surface area (Å²) in [6.45, 7) is 0. The predicted molar refractivity (Wildman–Crippen MR) is 111 cm³/mol. The minimum atomic E-state index is -1.34. The highest BCUT2D eigenvalue weighted by atomic mass is 19.1. The minimum absolute atomic E-state index is 0.0362. The van der Waals surface area contributed by atoms with E-state index in [0.717, 1.165) is 35.2 Å². The quantitative estimate of drug-likeness (QED) is 0.213. The summed E-state index contributed by atoms with van der Waals surface area (Å²) in [6.07, 6.45) is 0. The Kier molecular flexibility index (Phi) is 5.23. The number of carbonyl (C=O) groups excluding carboxylic acids is 2. The van der Waals surface area contributed by atoms with Gasteiger partial charge < -0.3 is 5.11 Å². The maximum Gasteiger partial charge on any atom is 0.300 e. The van der Waals surface area contributed by atoms with E-state index in [-0.39, 0.29) is 22.5 Å². The van der Waals surface area contributed by atoms with Gasteiger partial charge in [-0.15, -0.1) is 0 Å². The molecule has 1 aliphatic rings. The zero-order valence-electron chi connectivity index (χ0n) is 16.2. The molecule has 9 heteroatoms. The van der Waals surface area contributed by atoms with Crippen LogP contribution >= 0.6 is 0 Å². The van der Waals surface area contributed by atoms with E-state index in [4.69, 9.17) is 0 Å². The Morgan fingerprint density at radius 1 is 0.938 bits per heavy atom. The Morgan fingerprint density at radius 3 is 2.16 bits per heavy atom. The summed E-state index contributed by atoms with van der Waals surface area (Å²) in [5, 5.41) is 21.8. The number of benzene rings is 3. The lowest BCUT2D eigenvalue weighted by Crippen LogP contribution is -2.29. The molecular formula is C23H14F2N2O5. The van der Waals surface area contributed by atoms with Crippen molar-refractivity contribution in [1.82, 2.24) is 0 Å². The number of non-ortho nitro benzene ring substituents is 1.